The van der Waals surface area contributed by atoms with Crippen LogP contribution in [0.1, 0.15) is 162 Å². The van der Waals surface area contributed by atoms with Gasteiger partial charge in [-0.1, -0.05) is 128 Å². The molecule has 0 bridgehead atoms. The van der Waals surface area contributed by atoms with Crippen LogP contribution >= 0.6 is 7.82 Å². The number of unbranched alkanes of at least 4 members (excludes halogenated alkanes) is 17. The van der Waals surface area contributed by atoms with Crippen LogP contribution in [0.2, 0.25) is 0 Å². The summed E-state index contributed by atoms with van der Waals surface area (Å²) in [6.07, 6.45) is 30.1. The van der Waals surface area contributed by atoms with E-state index >= 15 is 0 Å². The fraction of sp³-hybridized carbons (Fsp3) is 0.838. The van der Waals surface area contributed by atoms with Gasteiger partial charge < -0.3 is 24.6 Å². The maximum Gasteiger partial charge on any atom is 0.472 e. The van der Waals surface area contributed by atoms with E-state index < -0.39 is 51.8 Å². The van der Waals surface area contributed by atoms with Gasteiger partial charge in [0.1, 0.15) is 12.7 Å². The van der Waals surface area contributed by atoms with Crippen molar-refractivity contribution in [3.63, 3.8) is 0 Å². The lowest BCUT2D eigenvalue weighted by Gasteiger charge is -2.20. The molecule has 0 aliphatic heterocycles. The minimum atomic E-state index is -4.61. The van der Waals surface area contributed by atoms with Gasteiger partial charge in [-0.25, -0.2) is 4.57 Å². The molecule has 0 fully saturated rings. The maximum atomic E-state index is 12.5. The summed E-state index contributed by atoms with van der Waals surface area (Å²) in [5, 5.41) is 18.2. The van der Waals surface area contributed by atoms with Crippen molar-refractivity contribution in [1.82, 2.24) is 0 Å². The van der Waals surface area contributed by atoms with E-state index in [4.69, 9.17) is 19.1 Å². The summed E-state index contributed by atoms with van der Waals surface area (Å²) in [6, 6.07) is 0. The standard InChI is InChI=1S/C37H69O10P/c1-3-5-7-9-11-13-15-16-17-18-19-21-23-25-27-29-37(41)47-35(33-46-48(42,43)45-31-34(39)30-38)32-44-36(40)28-26-24-22-20-14-12-10-8-6-4-2/h11,13,16-17,34-35,38-39H,3-10,12,14-15,18-33H2,1-2H3,(H,42,43)/b13-11-,17-16-/t34-,35+/m0/s1. The van der Waals surface area contributed by atoms with Gasteiger partial charge in [-0.15, -0.1) is 0 Å². The van der Waals surface area contributed by atoms with Gasteiger partial charge in [0, 0.05) is 12.8 Å². The average molecular weight is 705 g/mol. The second-order valence-corrected chi connectivity index (χ2v) is 14.1. The lowest BCUT2D eigenvalue weighted by Crippen LogP contribution is -2.29. The van der Waals surface area contributed by atoms with Gasteiger partial charge in [0.05, 0.1) is 19.8 Å². The van der Waals surface area contributed by atoms with Gasteiger partial charge in [-0.2, -0.15) is 0 Å². The van der Waals surface area contributed by atoms with Crippen LogP contribution in [-0.4, -0.2) is 65.7 Å². The number of ether oxygens (including phenoxy) is 2. The molecule has 10 nitrogen and oxygen atoms in total. The Morgan fingerprint density at radius 1 is 0.625 bits per heavy atom. The first-order valence-electron chi connectivity index (χ1n) is 18.8. The third-order valence-corrected chi connectivity index (χ3v) is 8.81. The van der Waals surface area contributed by atoms with Crippen LogP contribution in [0, 0.1) is 0 Å². The Balaban J connectivity index is 4.40. The lowest BCUT2D eigenvalue weighted by atomic mass is 10.1. The molecule has 0 aliphatic carbocycles. The topological polar surface area (TPSA) is 149 Å². The molecule has 0 saturated carbocycles. The Bertz CT molecular complexity index is 863. The molecular formula is C37H69O10P. The SMILES string of the molecule is CCCCC/C=C\C/C=C\CCCCCCCC(=O)O[C@H](COC(=O)CCCCCCCCCCCC)COP(=O)(O)OC[C@@H](O)CO. The number of aliphatic hydroxyl groups is 2. The molecule has 0 aromatic heterocycles. The van der Waals surface area contributed by atoms with Gasteiger partial charge in [0.2, 0.25) is 0 Å². The quantitative estimate of drug-likeness (QED) is 0.0252. The highest BCUT2D eigenvalue weighted by atomic mass is 31.2. The third-order valence-electron chi connectivity index (χ3n) is 7.86. The minimum absolute atomic E-state index is 0.170. The second-order valence-electron chi connectivity index (χ2n) is 12.6. The molecule has 0 saturated heterocycles. The Labute approximate surface area is 291 Å². The van der Waals surface area contributed by atoms with Gasteiger partial charge in [0.15, 0.2) is 6.10 Å². The van der Waals surface area contributed by atoms with Crippen LogP contribution in [0.4, 0.5) is 0 Å². The maximum absolute atomic E-state index is 12.5. The summed E-state index contributed by atoms with van der Waals surface area (Å²) in [5.41, 5.74) is 0. The molecule has 0 aromatic carbocycles. The van der Waals surface area contributed by atoms with Gasteiger partial charge in [-0.05, 0) is 44.9 Å². The Kier molecular flexibility index (Phi) is 32.8. The monoisotopic (exact) mass is 704 g/mol. The summed E-state index contributed by atoms with van der Waals surface area (Å²) in [5.74, 6) is -0.941. The molecule has 3 atom stereocenters. The number of carbonyl (C=O) groups excluding carboxylic acids is 2. The number of carbonyl (C=O) groups is 2. The number of hydrogen-bond donors (Lipinski definition) is 3. The lowest BCUT2D eigenvalue weighted by molar-refractivity contribution is -0.161. The summed E-state index contributed by atoms with van der Waals surface area (Å²) >= 11 is 0. The first kappa shape index (κ1) is 46.5. The number of phosphoric acid groups is 1. The van der Waals surface area contributed by atoms with Crippen LogP contribution in [-0.2, 0) is 32.7 Å². The van der Waals surface area contributed by atoms with Crippen LogP contribution in [0.15, 0.2) is 24.3 Å². The zero-order valence-corrected chi connectivity index (χ0v) is 31.1. The van der Waals surface area contributed by atoms with Crippen molar-refractivity contribution >= 4 is 19.8 Å². The smallest absolute Gasteiger partial charge is 0.462 e. The normalized spacial score (nSPS) is 14.4. The highest BCUT2D eigenvalue weighted by Gasteiger charge is 2.27. The van der Waals surface area contributed by atoms with E-state index in [2.05, 4.69) is 42.7 Å². The van der Waals surface area contributed by atoms with Crippen molar-refractivity contribution in [3.05, 3.63) is 24.3 Å². The van der Waals surface area contributed by atoms with Crippen LogP contribution in [0.3, 0.4) is 0 Å². The van der Waals surface area contributed by atoms with E-state index in [9.17, 15) is 24.2 Å². The number of rotatable bonds is 35. The third kappa shape index (κ3) is 33.0. The van der Waals surface area contributed by atoms with E-state index in [0.29, 0.717) is 12.8 Å². The van der Waals surface area contributed by atoms with Crippen molar-refractivity contribution < 1.29 is 47.8 Å². The Morgan fingerprint density at radius 3 is 1.65 bits per heavy atom. The van der Waals surface area contributed by atoms with Crippen molar-refractivity contribution in [3.8, 4) is 0 Å². The average Bonchev–Trinajstić information content (AvgIpc) is 3.07. The van der Waals surface area contributed by atoms with E-state index in [1.165, 1.54) is 57.8 Å². The number of hydrogen-bond acceptors (Lipinski definition) is 9. The minimum Gasteiger partial charge on any atom is -0.462 e. The summed E-state index contributed by atoms with van der Waals surface area (Å²) in [7, 11) is -4.61. The fourth-order valence-electron chi connectivity index (χ4n) is 4.90. The first-order chi connectivity index (χ1) is 23.2. The largest absolute Gasteiger partial charge is 0.472 e. The molecular weight excluding hydrogens is 635 g/mol. The highest BCUT2D eigenvalue weighted by Crippen LogP contribution is 2.43. The van der Waals surface area contributed by atoms with E-state index in [1.807, 2.05) is 0 Å². The van der Waals surface area contributed by atoms with Crippen LogP contribution < -0.4 is 0 Å². The molecule has 0 aromatic rings. The molecule has 0 rings (SSSR count). The zero-order valence-electron chi connectivity index (χ0n) is 30.2. The summed E-state index contributed by atoms with van der Waals surface area (Å²) in [4.78, 5) is 34.7. The molecule has 0 amide bonds. The summed E-state index contributed by atoms with van der Waals surface area (Å²) in [6.45, 7) is 2.31. The molecule has 0 spiro atoms. The highest BCUT2D eigenvalue weighted by molar-refractivity contribution is 7.47. The fourth-order valence-corrected chi connectivity index (χ4v) is 5.69. The number of allylic oxidation sites excluding steroid dienone is 4. The van der Waals surface area contributed by atoms with Gasteiger partial charge >= 0.3 is 19.8 Å². The van der Waals surface area contributed by atoms with Gasteiger partial charge in [-0.3, -0.25) is 18.6 Å². The molecule has 0 heterocycles. The second kappa shape index (κ2) is 33.9. The number of aliphatic hydroxyl groups excluding tert-OH is 2. The van der Waals surface area contributed by atoms with Crippen LogP contribution in [0.5, 0.6) is 0 Å². The molecule has 282 valence electrons. The Hall–Kier alpha value is -1.55. The van der Waals surface area contributed by atoms with E-state index in [0.717, 1.165) is 64.2 Å². The van der Waals surface area contributed by atoms with E-state index in [1.54, 1.807) is 0 Å². The number of esters is 2. The number of phosphoric ester groups is 1. The van der Waals surface area contributed by atoms with Crippen molar-refractivity contribution in [2.75, 3.05) is 26.4 Å². The van der Waals surface area contributed by atoms with Gasteiger partial charge in [0.25, 0.3) is 0 Å². The van der Waals surface area contributed by atoms with Crippen molar-refractivity contribution in [1.29, 1.82) is 0 Å². The molecule has 1 unspecified atom stereocenters. The predicted octanol–water partition coefficient (Wildman–Crippen LogP) is 9.05. The Morgan fingerprint density at radius 2 is 1.08 bits per heavy atom. The molecule has 0 radical (unpaired) electrons. The molecule has 11 heteroatoms. The first-order valence-corrected chi connectivity index (χ1v) is 20.3. The van der Waals surface area contributed by atoms with E-state index in [-0.39, 0.29) is 19.4 Å². The molecule has 0 aliphatic rings. The van der Waals surface area contributed by atoms with Crippen molar-refractivity contribution in [2.45, 2.75) is 174 Å². The zero-order chi connectivity index (χ0) is 35.6. The summed E-state index contributed by atoms with van der Waals surface area (Å²) < 4.78 is 32.5. The predicted molar refractivity (Wildman–Crippen MR) is 191 cm³/mol. The van der Waals surface area contributed by atoms with Crippen molar-refractivity contribution in [2.24, 2.45) is 0 Å². The van der Waals surface area contributed by atoms with Crippen LogP contribution in [0.25, 0.3) is 0 Å². The molecule has 3 N–H and O–H groups in total. The molecule has 48 heavy (non-hydrogen) atoms.